The molecule has 1 unspecified atom stereocenters. The fourth-order valence-corrected chi connectivity index (χ4v) is 45.8. The molecule has 0 bridgehead atoms. The zero-order valence-electron chi connectivity index (χ0n) is 83.8. The van der Waals surface area contributed by atoms with E-state index in [0.717, 1.165) is 207 Å². The lowest BCUT2D eigenvalue weighted by molar-refractivity contribution is -0.139. The van der Waals surface area contributed by atoms with Gasteiger partial charge in [-0.15, -0.1) is 0 Å². The summed E-state index contributed by atoms with van der Waals surface area (Å²) in [4.78, 5) is 50.4. The summed E-state index contributed by atoms with van der Waals surface area (Å²) in [6.07, 6.45) is 55.4. The van der Waals surface area contributed by atoms with Crippen LogP contribution in [0.25, 0.3) is 0 Å². The largest absolute Gasteiger partial charge is 0.390 e. The second-order valence-corrected chi connectivity index (χ2v) is 57.3. The highest BCUT2D eigenvalue weighted by molar-refractivity contribution is 7.71. The maximum atomic E-state index is 14.7. The Morgan fingerprint density at radius 3 is 1.31 bits per heavy atom. The average molecular weight is 1820 g/mol. The van der Waals surface area contributed by atoms with E-state index >= 15 is 0 Å². The van der Waals surface area contributed by atoms with Crippen LogP contribution in [0.3, 0.4) is 0 Å². The van der Waals surface area contributed by atoms with Gasteiger partial charge in [-0.3, -0.25) is 23.9 Å². The van der Waals surface area contributed by atoms with Crippen molar-refractivity contribution in [1.29, 1.82) is 5.26 Å². The molecule has 0 spiro atoms. The van der Waals surface area contributed by atoms with Crippen LogP contribution < -0.4 is 10.6 Å². The van der Waals surface area contributed by atoms with Crippen molar-refractivity contribution in [2.24, 2.45) is 210 Å². The van der Waals surface area contributed by atoms with Gasteiger partial charge in [0.05, 0.1) is 40.1 Å². The summed E-state index contributed by atoms with van der Waals surface area (Å²) in [5.41, 5.74) is -0.0592. The molecule has 0 aliphatic heterocycles. The third kappa shape index (κ3) is 15.9. The molecule has 0 amide bonds. The Hall–Kier alpha value is -3.44. The number of carbonyl (C=O) groups excluding carboxylic acids is 4. The SMILES string of the molecule is CC(=O)[C@@]12C[C@@H]1C[C@H]1[C@@H]3CC[C@@H]4C[C@](C)(O)CC[C@@H]4[C@H]3CC[C@@]12C.CC(=O)[C@H]1[C@H](F)C[C@H]2[C@@H]3CC[C@@H]4C[C@](C)(O)CC[C@@H]4[C@H]3CC[C@@]21C.CN[C@@H]1CC[C@H]2[C@H](CC[C@@H]3[C@@H]2CC[C@]2(C)[C@@H](C(C)=O)CC[C@@H]32)C1.C[C@@]1(O)CC[C@H]2[C@H](CC[C@@H]3[C@@H]2CC[C@@]2(C)[C@H]3CC[C@@H]2P(C)(=O)c2ccccc2)C1.C[C@@]1(O)CC[C@H]2[C@H](CC[C@@H]3[C@@H]2CC[C@@]2(C)[C@H]3C[C@H]3C[C@]32C(=O)Cn2cc(C#N)cn2)C1. The molecule has 22 aliphatic carbocycles. The number of nitrogens with zero attached hydrogens (tertiary/aromatic N) is 3. The van der Waals surface area contributed by atoms with Crippen molar-refractivity contribution in [3.63, 3.8) is 0 Å². The average Bonchev–Trinajstić information content (AvgIpc) is 1.49. The number of nitrogens with one attached hydrogen (secondary N) is 1. The van der Waals surface area contributed by atoms with Gasteiger partial charge in [0.2, 0.25) is 0 Å². The quantitative estimate of drug-likeness (QED) is 0.148. The molecule has 13 nitrogen and oxygen atoms in total. The summed E-state index contributed by atoms with van der Waals surface area (Å²) in [6, 6.07) is 13.2. The summed E-state index contributed by atoms with van der Waals surface area (Å²) in [5, 5.41) is 60.1. The zero-order valence-corrected chi connectivity index (χ0v) is 84.7. The normalized spacial score (nSPS) is 53.5. The van der Waals surface area contributed by atoms with E-state index in [0.29, 0.717) is 106 Å². The molecule has 0 radical (unpaired) electrons. The van der Waals surface area contributed by atoms with Crippen LogP contribution in [0.4, 0.5) is 4.39 Å². The van der Waals surface area contributed by atoms with Crippen molar-refractivity contribution >= 4 is 35.6 Å². The van der Waals surface area contributed by atoms with Gasteiger partial charge in [-0.1, -0.05) is 65.0 Å². The fraction of sp³-hybridized carbons (Fsp3) is 0.879. The Morgan fingerprint density at radius 2 is 0.847 bits per heavy atom. The lowest BCUT2D eigenvalue weighted by atomic mass is 9.47. The van der Waals surface area contributed by atoms with Crippen LogP contribution in [0.15, 0.2) is 42.7 Å². The molecule has 1 aromatic heterocycles. The third-order valence-electron chi connectivity index (χ3n) is 48.3. The number of halogens is 1. The lowest BCUT2D eigenvalue weighted by Gasteiger charge is -2.57. The molecule has 22 aliphatic rings. The number of nitriles is 1. The maximum absolute atomic E-state index is 14.7. The highest BCUT2D eigenvalue weighted by Crippen LogP contribution is 2.83. The number of aromatic nitrogens is 2. The van der Waals surface area contributed by atoms with E-state index < -0.39 is 35.7 Å². The van der Waals surface area contributed by atoms with Gasteiger partial charge in [0.15, 0.2) is 5.78 Å². The van der Waals surface area contributed by atoms with Crippen molar-refractivity contribution < 1.29 is 48.6 Å². The molecule has 5 N–H and O–H groups in total. The Morgan fingerprint density at radius 1 is 0.443 bits per heavy atom. The van der Waals surface area contributed by atoms with Crippen molar-refractivity contribution in [2.75, 3.05) is 13.7 Å². The van der Waals surface area contributed by atoms with Crippen molar-refractivity contribution in [1.82, 2.24) is 15.1 Å². The standard InChI is InChI=1S/C26H35N3O2.C26H39O2P.C22H34O2.C21H33FO2.C21H35NO/c1-24(31)7-5-19-17(10-24)3-4-21-20(19)6-8-25(2)22(21)9-18-11-26(18,25)23(30)15-29-14-16(12-27)13-28-29;1-25(27)15-13-20-18(17-25)9-10-22-21(20)14-16-26(2)23(22)11-12-24(26)29(3,28)19-7-5-4-6-8-19;1-13(23)22-12-15(22)10-19-18-5-4-14-11-20(2,24)8-6-16(14)17(18)7-9-21(19,22)3;1-12(23)19-18(22)10-17-16-5-4-13-11-20(2,24)8-6-14(13)15(16)7-9-21(17,19)3;1-13(23)19-8-9-20-18-6-4-14-12-15(22-3)5-7-16(14)17(18)10-11-21(19,20)2/h13-14,17-22,31H,3-11,15H2,1-2H3;4-8,18,20-24,27H,9-17H2,1-3H3;14-19,24H,4-12H2,1-3H3;13-19,24H,4-11H2,1-3H3;14-20,22H,4-12H2,1-3H3/t17-,18+,19+,20-,21-,22+,24-,25+,26-;18-,20+,21-,22-,23+,24+,25-,26+,29?;14-,15+,16+,17-,18-,19+,20-,21+,22+;13-,14+,15-,16-,17+,18-,19+,20-,21+;14-,15-,16+,17-,18-,19-,20+,21-/m11111/s1. The summed E-state index contributed by atoms with van der Waals surface area (Å²) >= 11 is 0. The molecule has 726 valence electrons. The van der Waals surface area contributed by atoms with Crippen LogP contribution in [0.1, 0.15) is 371 Å². The Kier molecular flexibility index (Phi) is 25.0. The number of Topliss-reactive ketones (excluding diaryl/α,β-unsaturated/α-hetero) is 4. The number of ketones is 4. The number of alkyl halides is 1. The first-order valence-electron chi connectivity index (χ1n) is 55.4. The van der Waals surface area contributed by atoms with Crippen molar-refractivity contribution in [3.05, 3.63) is 48.3 Å². The second kappa shape index (κ2) is 34.5. The molecular weight excluding hydrogens is 1640 g/mol. The predicted molar refractivity (Wildman–Crippen MR) is 517 cm³/mol. The lowest BCUT2D eigenvalue weighted by Crippen LogP contribution is -2.52. The summed E-state index contributed by atoms with van der Waals surface area (Å²) in [5.74, 6) is 22.5. The van der Waals surface area contributed by atoms with Crippen molar-refractivity contribution in [3.8, 4) is 6.07 Å². The minimum Gasteiger partial charge on any atom is -0.390 e. The number of hydrogen-bond acceptors (Lipinski definition) is 12. The number of rotatable bonds is 9. The molecule has 22 fully saturated rings. The number of fused-ring (bicyclic) bond motifs is 29. The molecule has 44 atom stereocenters. The van der Waals surface area contributed by atoms with Gasteiger partial charge >= 0.3 is 0 Å². The van der Waals surface area contributed by atoms with Gasteiger partial charge in [-0.25, -0.2) is 4.39 Å². The second-order valence-electron chi connectivity index (χ2n) is 54.2. The zero-order chi connectivity index (χ0) is 92.4. The smallest absolute Gasteiger partial charge is 0.161 e. The van der Waals surface area contributed by atoms with E-state index in [4.69, 9.17) is 5.26 Å². The van der Waals surface area contributed by atoms with Crippen LogP contribution in [-0.4, -0.2) is 107 Å². The van der Waals surface area contributed by atoms with E-state index in [-0.39, 0.29) is 38.8 Å². The van der Waals surface area contributed by atoms with E-state index in [2.05, 4.69) is 96.0 Å². The summed E-state index contributed by atoms with van der Waals surface area (Å²) in [6.45, 7) is 27.9. The number of carbonyl (C=O) groups is 4. The fourth-order valence-electron chi connectivity index (χ4n) is 42.6. The monoisotopic (exact) mass is 1820 g/mol. The van der Waals surface area contributed by atoms with Crippen LogP contribution in [0.2, 0.25) is 0 Å². The number of aliphatic hydroxyl groups is 4. The molecule has 15 heteroatoms. The van der Waals surface area contributed by atoms with Crippen molar-refractivity contribution in [2.45, 2.75) is 412 Å². The van der Waals surface area contributed by atoms with E-state index in [9.17, 15) is 48.6 Å². The Labute approximate surface area is 789 Å². The topological polar surface area (TPSA) is 220 Å². The Balaban J connectivity index is 0.000000103. The van der Waals surface area contributed by atoms with Gasteiger partial charge < -0.3 is 30.3 Å². The third-order valence-corrected chi connectivity index (χ3v) is 51.7. The maximum Gasteiger partial charge on any atom is 0.161 e. The first-order chi connectivity index (χ1) is 62.0. The van der Waals surface area contributed by atoms with Crippen LogP contribution in [-0.2, 0) is 30.3 Å². The molecule has 131 heavy (non-hydrogen) atoms. The van der Waals surface area contributed by atoms with Crippen LogP contribution in [0.5, 0.6) is 0 Å². The number of benzene rings is 1. The molecular formula is C116H176FN4O9P. The van der Waals surface area contributed by atoms with Crippen LogP contribution >= 0.6 is 7.14 Å². The van der Waals surface area contributed by atoms with E-state index in [1.807, 2.05) is 40.7 Å². The summed E-state index contributed by atoms with van der Waals surface area (Å²) in [7, 11) is -0.232. The first-order valence-corrected chi connectivity index (χ1v) is 57.6. The minimum atomic E-state index is -2.37. The van der Waals surface area contributed by atoms with Gasteiger partial charge in [0.25, 0.3) is 0 Å². The van der Waals surface area contributed by atoms with Gasteiger partial charge in [-0.2, -0.15) is 10.4 Å². The van der Waals surface area contributed by atoms with Gasteiger partial charge in [-0.05, 0) is 532 Å². The highest BCUT2D eigenvalue weighted by atomic mass is 31.2. The molecule has 1 aromatic carbocycles. The molecule has 0 saturated heterocycles. The van der Waals surface area contributed by atoms with Gasteiger partial charge in [0.1, 0.15) is 43.3 Å². The molecule has 24 rings (SSSR count). The summed E-state index contributed by atoms with van der Waals surface area (Å²) < 4.78 is 30.5. The highest BCUT2D eigenvalue weighted by Gasteiger charge is 2.79. The predicted octanol–water partition coefficient (Wildman–Crippen LogP) is 24.0. The number of hydrogen-bond donors (Lipinski definition) is 5. The Bertz CT molecular complexity index is 4620. The van der Waals surface area contributed by atoms with Crippen LogP contribution in [0, 0.1) is 221 Å². The molecule has 2 aromatic rings. The molecule has 22 saturated carbocycles. The van der Waals surface area contributed by atoms with E-state index in [1.165, 1.54) is 193 Å². The first kappa shape index (κ1) is 95.1. The van der Waals surface area contributed by atoms with E-state index in [1.54, 1.807) is 24.0 Å². The molecule has 1 heterocycles. The minimum absolute atomic E-state index is 0.0633. The van der Waals surface area contributed by atoms with Gasteiger partial charge in [0, 0.05) is 40.0 Å².